The summed E-state index contributed by atoms with van der Waals surface area (Å²) in [4.78, 5) is 0. The Bertz CT molecular complexity index is 568. The van der Waals surface area contributed by atoms with Crippen molar-refractivity contribution in [3.05, 3.63) is 29.8 Å². The van der Waals surface area contributed by atoms with Crippen molar-refractivity contribution in [2.75, 3.05) is 14.2 Å². The minimum Gasteiger partial charge on any atom is -0.504 e. The van der Waals surface area contributed by atoms with Crippen LogP contribution >= 0.6 is 0 Å². The van der Waals surface area contributed by atoms with Crippen LogP contribution in [0, 0.1) is 5.82 Å². The Balaban J connectivity index is 2.48. The van der Waals surface area contributed by atoms with E-state index in [-0.39, 0.29) is 5.82 Å². The van der Waals surface area contributed by atoms with Crippen LogP contribution < -0.4 is 10.2 Å². The quantitative estimate of drug-likeness (QED) is 0.633. The van der Waals surface area contributed by atoms with Crippen LogP contribution in [0.5, 0.6) is 5.75 Å². The second-order valence-corrected chi connectivity index (χ2v) is 6.24. The van der Waals surface area contributed by atoms with Crippen LogP contribution in [-0.4, -0.2) is 32.5 Å². The van der Waals surface area contributed by atoms with Crippen LogP contribution in [0.3, 0.4) is 0 Å². The lowest BCUT2D eigenvalue weighted by atomic mass is 9.77. The van der Waals surface area contributed by atoms with Crippen molar-refractivity contribution in [3.63, 3.8) is 0 Å². The van der Waals surface area contributed by atoms with E-state index in [1.54, 1.807) is 6.08 Å². The molecule has 22 heavy (non-hydrogen) atoms. The number of benzene rings is 1. The maximum atomic E-state index is 14.0. The van der Waals surface area contributed by atoms with Crippen LogP contribution in [-0.2, 0) is 14.0 Å². The maximum absolute atomic E-state index is 14.0. The van der Waals surface area contributed by atoms with E-state index in [0.717, 1.165) is 0 Å². The highest BCUT2D eigenvalue weighted by atomic mass is 19.1. The summed E-state index contributed by atoms with van der Waals surface area (Å²) >= 11 is 0. The van der Waals surface area contributed by atoms with E-state index in [4.69, 9.17) is 18.8 Å². The fourth-order valence-corrected chi connectivity index (χ4v) is 2.28. The highest BCUT2D eigenvalue weighted by Crippen LogP contribution is 2.37. The summed E-state index contributed by atoms with van der Waals surface area (Å²) in [5.41, 5.74) is 0.0840. The number of rotatable bonds is 4. The molecule has 120 valence electrons. The van der Waals surface area contributed by atoms with Crippen molar-refractivity contribution < 1.29 is 23.2 Å². The normalized spacial score (nSPS) is 19.7. The molecule has 2 rings (SSSR count). The first kappa shape index (κ1) is 16.8. The molecule has 6 heteroatoms. The summed E-state index contributed by atoms with van der Waals surface area (Å²) < 4.78 is 36.3. The van der Waals surface area contributed by atoms with Gasteiger partial charge in [-0.25, -0.2) is 4.39 Å². The van der Waals surface area contributed by atoms with Gasteiger partial charge in [-0.3, -0.25) is 0 Å². The van der Waals surface area contributed by atoms with E-state index in [0.29, 0.717) is 16.8 Å². The number of methoxy groups -OCH3 is 2. The molecule has 0 atom stereocenters. The molecule has 1 aliphatic heterocycles. The molecule has 0 radical (unpaired) electrons. The Hall–Kier alpha value is -1.53. The fraction of sp³-hybridized carbons (Fsp3) is 0.500. The van der Waals surface area contributed by atoms with Gasteiger partial charge in [-0.15, -0.1) is 0 Å². The molecule has 1 fully saturated rings. The Morgan fingerprint density at radius 3 is 2.18 bits per heavy atom. The standard InChI is InChI=1S/C16H22BFO4/c1-15(2)16(3,4)22-17(21-15)13-10-12(18)9-11(7-8-19-5)14(13)20-6/h7-10H,1-6H3. The minimum atomic E-state index is -0.689. The molecule has 0 aromatic heterocycles. The van der Waals surface area contributed by atoms with Gasteiger partial charge in [0.15, 0.2) is 0 Å². The molecular formula is C16H22BFO4. The van der Waals surface area contributed by atoms with Gasteiger partial charge in [-0.2, -0.15) is 0 Å². The highest BCUT2D eigenvalue weighted by molar-refractivity contribution is 6.63. The Labute approximate surface area is 131 Å². The SMILES string of the molecule is COC=Cc1cc(F)cc(B2OC(C)(C)C(C)(C)O2)c1OC. The van der Waals surface area contributed by atoms with Crippen LogP contribution in [0.4, 0.5) is 4.39 Å². The molecule has 4 nitrogen and oxygen atoms in total. The van der Waals surface area contributed by atoms with E-state index in [9.17, 15) is 4.39 Å². The molecule has 1 aromatic rings. The molecule has 0 unspecified atom stereocenters. The van der Waals surface area contributed by atoms with Crippen LogP contribution in [0.25, 0.3) is 6.08 Å². The molecule has 0 bridgehead atoms. The van der Waals surface area contributed by atoms with E-state index in [1.807, 2.05) is 27.7 Å². The number of hydrogen-bond donors (Lipinski definition) is 0. The first-order chi connectivity index (χ1) is 10.2. The summed E-state index contributed by atoms with van der Waals surface area (Å²) in [6, 6.07) is 2.76. The zero-order valence-electron chi connectivity index (χ0n) is 13.9. The van der Waals surface area contributed by atoms with Gasteiger partial charge in [0, 0.05) is 11.0 Å². The zero-order valence-corrected chi connectivity index (χ0v) is 13.9. The average molecular weight is 308 g/mol. The highest BCUT2D eigenvalue weighted by Gasteiger charge is 2.52. The molecule has 1 saturated heterocycles. The van der Waals surface area contributed by atoms with Gasteiger partial charge in [0.2, 0.25) is 0 Å². The predicted octanol–water partition coefficient (Wildman–Crippen LogP) is 2.75. The molecule has 0 spiro atoms. The number of ether oxygens (including phenoxy) is 2. The fourth-order valence-electron chi connectivity index (χ4n) is 2.28. The average Bonchev–Trinajstić information content (AvgIpc) is 2.64. The number of hydrogen-bond acceptors (Lipinski definition) is 4. The van der Waals surface area contributed by atoms with Crippen molar-refractivity contribution in [1.82, 2.24) is 0 Å². The second-order valence-electron chi connectivity index (χ2n) is 6.24. The van der Waals surface area contributed by atoms with Crippen molar-refractivity contribution >= 4 is 18.7 Å². The molecule has 1 aromatic carbocycles. The molecule has 0 amide bonds. The largest absolute Gasteiger partial charge is 0.504 e. The van der Waals surface area contributed by atoms with Crippen molar-refractivity contribution in [2.24, 2.45) is 0 Å². The first-order valence-corrected chi connectivity index (χ1v) is 7.14. The smallest absolute Gasteiger partial charge is 0.498 e. The summed E-state index contributed by atoms with van der Waals surface area (Å²) in [5, 5.41) is 0. The Morgan fingerprint density at radius 2 is 1.68 bits per heavy atom. The lowest BCUT2D eigenvalue weighted by Gasteiger charge is -2.32. The summed E-state index contributed by atoms with van der Waals surface area (Å²) in [6.07, 6.45) is 3.10. The molecule has 0 N–H and O–H groups in total. The third-order valence-corrected chi connectivity index (χ3v) is 4.21. The van der Waals surface area contributed by atoms with Crippen LogP contribution in [0.2, 0.25) is 0 Å². The summed E-state index contributed by atoms with van der Waals surface area (Å²) in [6.45, 7) is 7.80. The van der Waals surface area contributed by atoms with Crippen molar-refractivity contribution in [2.45, 2.75) is 38.9 Å². The third kappa shape index (κ3) is 2.98. The molecule has 0 aliphatic carbocycles. The first-order valence-electron chi connectivity index (χ1n) is 7.14. The summed E-state index contributed by atoms with van der Waals surface area (Å²) in [7, 11) is 2.37. The maximum Gasteiger partial charge on any atom is 0.498 e. The van der Waals surface area contributed by atoms with Gasteiger partial charge < -0.3 is 18.8 Å². The van der Waals surface area contributed by atoms with Crippen LogP contribution in [0.15, 0.2) is 18.4 Å². The molecule has 1 heterocycles. The second kappa shape index (κ2) is 5.93. The molecule has 0 saturated carbocycles. The third-order valence-electron chi connectivity index (χ3n) is 4.21. The lowest BCUT2D eigenvalue weighted by molar-refractivity contribution is 0.00578. The van der Waals surface area contributed by atoms with Crippen LogP contribution in [0.1, 0.15) is 33.3 Å². The Kier molecular flexibility index (Phi) is 4.54. The van der Waals surface area contributed by atoms with Gasteiger partial charge in [0.25, 0.3) is 0 Å². The molecule has 1 aliphatic rings. The molecular weight excluding hydrogens is 286 g/mol. The lowest BCUT2D eigenvalue weighted by Crippen LogP contribution is -2.41. The van der Waals surface area contributed by atoms with E-state index in [1.165, 1.54) is 32.6 Å². The van der Waals surface area contributed by atoms with Crippen molar-refractivity contribution in [3.8, 4) is 5.75 Å². The number of halogens is 1. The minimum absolute atomic E-state index is 0.388. The van der Waals surface area contributed by atoms with Gasteiger partial charge in [0.1, 0.15) is 11.6 Å². The van der Waals surface area contributed by atoms with Gasteiger partial charge in [-0.1, -0.05) is 0 Å². The topological polar surface area (TPSA) is 36.9 Å². The van der Waals surface area contributed by atoms with E-state index in [2.05, 4.69) is 0 Å². The zero-order chi connectivity index (χ0) is 16.5. The van der Waals surface area contributed by atoms with Crippen molar-refractivity contribution in [1.29, 1.82) is 0 Å². The predicted molar refractivity (Wildman–Crippen MR) is 84.7 cm³/mol. The summed E-state index contributed by atoms with van der Waals surface area (Å²) in [5.74, 6) is 0.120. The van der Waals surface area contributed by atoms with Gasteiger partial charge in [0.05, 0.1) is 31.7 Å². The van der Waals surface area contributed by atoms with Gasteiger partial charge in [-0.05, 0) is 45.9 Å². The van der Waals surface area contributed by atoms with E-state index >= 15 is 0 Å². The monoisotopic (exact) mass is 308 g/mol. The Morgan fingerprint density at radius 1 is 1.09 bits per heavy atom. The van der Waals surface area contributed by atoms with E-state index < -0.39 is 18.3 Å². The van der Waals surface area contributed by atoms with Gasteiger partial charge >= 0.3 is 7.12 Å².